The fraction of sp³-hybridized carbons (Fsp3) is 0.229. The summed E-state index contributed by atoms with van der Waals surface area (Å²) in [7, 11) is 3.13. The van der Waals surface area contributed by atoms with Crippen LogP contribution in [0.5, 0.6) is 11.5 Å². The van der Waals surface area contributed by atoms with E-state index in [2.05, 4.69) is 37.5 Å². The number of carbonyl (C=O) groups excluding carboxylic acids is 1. The zero-order valence-electron chi connectivity index (χ0n) is 23.9. The zero-order chi connectivity index (χ0) is 28.6. The first-order valence-corrected chi connectivity index (χ1v) is 13.4. The van der Waals surface area contributed by atoms with Gasteiger partial charge in [0.15, 0.2) is 0 Å². The molecule has 4 aromatic carbocycles. The highest BCUT2D eigenvalue weighted by Crippen LogP contribution is 2.36. The standard InChI is InChI=1S/C35H37NO4/c1-24-20-33(38-5)25(2)26(3)34(24)36(32(35(37)39-6)22-28-14-9-7-10-15-28)23-29-16-13-17-30(21-29)27(4)40-31-18-11-8-12-19-31/h7-21,32H,4,22-23H2,1-3,5-6H3/t32-/m0/s1. The van der Waals surface area contributed by atoms with E-state index in [0.717, 1.165) is 50.6 Å². The Kier molecular flexibility index (Phi) is 9.28. The van der Waals surface area contributed by atoms with Gasteiger partial charge < -0.3 is 19.1 Å². The second-order valence-electron chi connectivity index (χ2n) is 9.89. The van der Waals surface area contributed by atoms with E-state index < -0.39 is 6.04 Å². The summed E-state index contributed by atoms with van der Waals surface area (Å²) in [5.41, 5.74) is 7.07. The van der Waals surface area contributed by atoms with Crippen LogP contribution in [0.25, 0.3) is 5.76 Å². The number of para-hydroxylation sites is 1. The molecule has 5 nitrogen and oxygen atoms in total. The van der Waals surface area contributed by atoms with Gasteiger partial charge in [0, 0.05) is 24.2 Å². The van der Waals surface area contributed by atoms with Crippen molar-refractivity contribution < 1.29 is 19.0 Å². The van der Waals surface area contributed by atoms with E-state index in [1.165, 1.54) is 7.11 Å². The Labute approximate surface area is 237 Å². The summed E-state index contributed by atoms with van der Waals surface area (Å²) < 4.78 is 17.0. The number of hydrogen-bond donors (Lipinski definition) is 0. The van der Waals surface area contributed by atoms with Crippen LogP contribution in [0.1, 0.15) is 33.4 Å². The summed E-state index contributed by atoms with van der Waals surface area (Å²) >= 11 is 0. The Bertz CT molecular complexity index is 1460. The van der Waals surface area contributed by atoms with Gasteiger partial charge in [-0.15, -0.1) is 0 Å². The Balaban J connectivity index is 1.77. The van der Waals surface area contributed by atoms with Crippen LogP contribution in [-0.2, 0) is 22.5 Å². The Morgan fingerprint density at radius 3 is 2.12 bits per heavy atom. The number of ether oxygens (including phenoxy) is 3. The fourth-order valence-electron chi connectivity index (χ4n) is 5.05. The average molecular weight is 536 g/mol. The van der Waals surface area contributed by atoms with Gasteiger partial charge in [0.25, 0.3) is 0 Å². The zero-order valence-corrected chi connectivity index (χ0v) is 23.9. The molecular formula is C35H37NO4. The van der Waals surface area contributed by atoms with Crippen LogP contribution in [-0.4, -0.2) is 26.2 Å². The maximum Gasteiger partial charge on any atom is 0.328 e. The molecular weight excluding hydrogens is 498 g/mol. The molecule has 1 atom stereocenters. The summed E-state index contributed by atoms with van der Waals surface area (Å²) in [5, 5.41) is 0. The van der Waals surface area contributed by atoms with Crippen molar-refractivity contribution in [1.29, 1.82) is 0 Å². The van der Waals surface area contributed by atoms with E-state index in [-0.39, 0.29) is 5.97 Å². The Morgan fingerprint density at radius 1 is 0.825 bits per heavy atom. The minimum atomic E-state index is -0.551. The van der Waals surface area contributed by atoms with Gasteiger partial charge in [0.2, 0.25) is 0 Å². The van der Waals surface area contributed by atoms with Crippen LogP contribution in [0, 0.1) is 20.8 Å². The topological polar surface area (TPSA) is 48.0 Å². The van der Waals surface area contributed by atoms with Gasteiger partial charge in [-0.05, 0) is 72.9 Å². The number of benzene rings is 4. The smallest absolute Gasteiger partial charge is 0.328 e. The first-order valence-electron chi connectivity index (χ1n) is 13.4. The van der Waals surface area contributed by atoms with E-state index in [9.17, 15) is 4.79 Å². The van der Waals surface area contributed by atoms with Crippen LogP contribution in [0.4, 0.5) is 5.69 Å². The molecule has 4 aromatic rings. The van der Waals surface area contributed by atoms with Gasteiger partial charge in [-0.1, -0.05) is 73.3 Å². The quantitative estimate of drug-likeness (QED) is 0.147. The lowest BCUT2D eigenvalue weighted by molar-refractivity contribution is -0.142. The van der Waals surface area contributed by atoms with Gasteiger partial charge in [-0.25, -0.2) is 4.79 Å². The molecule has 0 fully saturated rings. The molecule has 0 N–H and O–H groups in total. The molecule has 0 unspecified atom stereocenters. The molecule has 0 saturated heterocycles. The van der Waals surface area contributed by atoms with E-state index >= 15 is 0 Å². The molecule has 0 saturated carbocycles. The molecule has 0 aliphatic carbocycles. The molecule has 5 heteroatoms. The van der Waals surface area contributed by atoms with Crippen molar-refractivity contribution in [1.82, 2.24) is 0 Å². The first kappa shape index (κ1) is 28.5. The molecule has 0 aliphatic heterocycles. The van der Waals surface area contributed by atoms with Crippen LogP contribution < -0.4 is 14.4 Å². The lowest BCUT2D eigenvalue weighted by Gasteiger charge is -2.35. The second-order valence-corrected chi connectivity index (χ2v) is 9.89. The number of hydrogen-bond acceptors (Lipinski definition) is 5. The third-order valence-corrected chi connectivity index (χ3v) is 7.22. The summed E-state index contributed by atoms with van der Waals surface area (Å²) in [4.78, 5) is 15.6. The molecule has 206 valence electrons. The van der Waals surface area contributed by atoms with Crippen molar-refractivity contribution in [2.45, 2.75) is 39.8 Å². The Morgan fingerprint density at radius 2 is 1.48 bits per heavy atom. The van der Waals surface area contributed by atoms with Crippen LogP contribution in [0.15, 0.2) is 97.6 Å². The van der Waals surface area contributed by atoms with Crippen molar-refractivity contribution in [2.75, 3.05) is 19.1 Å². The van der Waals surface area contributed by atoms with Gasteiger partial charge in [-0.3, -0.25) is 0 Å². The van der Waals surface area contributed by atoms with Crippen molar-refractivity contribution >= 4 is 17.4 Å². The molecule has 0 amide bonds. The molecule has 40 heavy (non-hydrogen) atoms. The number of rotatable bonds is 11. The van der Waals surface area contributed by atoms with E-state index in [1.54, 1.807) is 7.11 Å². The second kappa shape index (κ2) is 13.0. The number of esters is 1. The summed E-state index contributed by atoms with van der Waals surface area (Å²) in [6.45, 7) is 10.8. The number of nitrogens with zero attached hydrogens (tertiary/aromatic N) is 1. The highest BCUT2D eigenvalue weighted by Gasteiger charge is 2.30. The van der Waals surface area contributed by atoms with Gasteiger partial charge in [0.05, 0.1) is 14.2 Å². The number of carbonyl (C=O) groups is 1. The number of aryl methyl sites for hydroxylation is 1. The summed E-state index contributed by atoms with van der Waals surface area (Å²) in [5.74, 6) is 1.82. The third-order valence-electron chi connectivity index (χ3n) is 7.22. The highest BCUT2D eigenvalue weighted by molar-refractivity contribution is 5.82. The molecule has 0 aromatic heterocycles. The van der Waals surface area contributed by atoms with Gasteiger partial charge in [0.1, 0.15) is 23.3 Å². The SMILES string of the molecule is C=C(Oc1ccccc1)c1cccc(CN(c2c(C)cc(OC)c(C)c2C)[C@@H](Cc2ccccc2)C(=O)OC)c1. The number of methoxy groups -OCH3 is 2. The summed E-state index contributed by atoms with van der Waals surface area (Å²) in [6.07, 6.45) is 0.501. The van der Waals surface area contributed by atoms with E-state index in [0.29, 0.717) is 18.7 Å². The molecule has 0 spiro atoms. The van der Waals surface area contributed by atoms with Crippen LogP contribution in [0.2, 0.25) is 0 Å². The minimum Gasteiger partial charge on any atom is -0.496 e. The fourth-order valence-corrected chi connectivity index (χ4v) is 5.05. The maximum absolute atomic E-state index is 13.4. The number of anilines is 1. The van der Waals surface area contributed by atoms with Gasteiger partial charge >= 0.3 is 5.97 Å². The lowest BCUT2D eigenvalue weighted by atomic mass is 9.96. The molecule has 0 heterocycles. The molecule has 0 bridgehead atoms. The largest absolute Gasteiger partial charge is 0.496 e. The molecule has 0 aliphatic rings. The van der Waals surface area contributed by atoms with Gasteiger partial charge in [-0.2, -0.15) is 0 Å². The van der Waals surface area contributed by atoms with Crippen molar-refractivity contribution in [3.8, 4) is 11.5 Å². The highest BCUT2D eigenvalue weighted by atomic mass is 16.5. The average Bonchev–Trinajstić information content (AvgIpc) is 2.98. The maximum atomic E-state index is 13.4. The predicted octanol–water partition coefficient (Wildman–Crippen LogP) is 7.46. The van der Waals surface area contributed by atoms with E-state index in [4.69, 9.17) is 14.2 Å². The monoisotopic (exact) mass is 535 g/mol. The normalized spacial score (nSPS) is 11.4. The minimum absolute atomic E-state index is 0.288. The van der Waals surface area contributed by atoms with Crippen LogP contribution in [0.3, 0.4) is 0 Å². The molecule has 0 radical (unpaired) electrons. The molecule has 4 rings (SSSR count). The van der Waals surface area contributed by atoms with Crippen molar-refractivity contribution in [3.05, 3.63) is 131 Å². The lowest BCUT2D eigenvalue weighted by Crippen LogP contribution is -2.44. The predicted molar refractivity (Wildman–Crippen MR) is 162 cm³/mol. The third kappa shape index (κ3) is 6.55. The van der Waals surface area contributed by atoms with Crippen molar-refractivity contribution in [2.24, 2.45) is 0 Å². The van der Waals surface area contributed by atoms with Crippen LogP contribution >= 0.6 is 0 Å². The van der Waals surface area contributed by atoms with Crippen molar-refractivity contribution in [3.63, 3.8) is 0 Å². The Hall–Kier alpha value is -4.51. The summed E-state index contributed by atoms with van der Waals surface area (Å²) in [6, 6.07) is 29.2. The first-order chi connectivity index (χ1) is 19.3. The van der Waals surface area contributed by atoms with E-state index in [1.807, 2.05) is 85.8 Å².